The Hall–Kier alpha value is -3.46. The summed E-state index contributed by atoms with van der Waals surface area (Å²) in [5.41, 5.74) is 8.03. The van der Waals surface area contributed by atoms with Gasteiger partial charge in [0, 0.05) is 17.7 Å². The van der Waals surface area contributed by atoms with E-state index in [1.807, 2.05) is 6.07 Å². The number of fused-ring (bicyclic) bond motifs is 3. The van der Waals surface area contributed by atoms with Gasteiger partial charge in [0.2, 0.25) is 0 Å². The third kappa shape index (κ3) is 2.68. The molecule has 3 aromatic heterocycles. The van der Waals surface area contributed by atoms with Crippen LogP contribution in [0.5, 0.6) is 0 Å². The third-order valence-electron chi connectivity index (χ3n) is 5.04. The summed E-state index contributed by atoms with van der Waals surface area (Å²) in [4.78, 5) is 4.93. The van der Waals surface area contributed by atoms with Crippen LogP contribution >= 0.6 is 0 Å². The zero-order chi connectivity index (χ0) is 18.2. The molecule has 2 aromatic carbocycles. The Kier molecular flexibility index (Phi) is 3.72. The van der Waals surface area contributed by atoms with E-state index in [1.54, 1.807) is 0 Å². The average molecular weight is 350 g/mol. The van der Waals surface area contributed by atoms with Crippen LogP contribution in [0.1, 0.15) is 11.3 Å². The quantitative estimate of drug-likeness (QED) is 0.428. The summed E-state index contributed by atoms with van der Waals surface area (Å²) in [5, 5.41) is 0. The molecule has 3 nitrogen and oxygen atoms in total. The first-order valence-corrected chi connectivity index (χ1v) is 9.21. The first kappa shape index (κ1) is 15.8. The Labute approximate surface area is 158 Å². The highest BCUT2D eigenvalue weighted by Crippen LogP contribution is 2.24. The number of rotatable bonds is 3. The van der Waals surface area contributed by atoms with E-state index in [1.165, 1.54) is 22.2 Å². The van der Waals surface area contributed by atoms with E-state index in [-0.39, 0.29) is 0 Å². The molecule has 3 heterocycles. The van der Waals surface area contributed by atoms with Gasteiger partial charge in [0.15, 0.2) is 11.0 Å². The molecule has 0 unspecified atom stereocenters. The molecule has 0 spiro atoms. The minimum absolute atomic E-state index is 0.824. The molecule has 0 aliphatic carbocycles. The van der Waals surface area contributed by atoms with E-state index in [0.29, 0.717) is 0 Å². The summed E-state index contributed by atoms with van der Waals surface area (Å²) in [6.07, 6.45) is 2.13. The largest absolute Gasteiger partial charge is 0.287 e. The van der Waals surface area contributed by atoms with Gasteiger partial charge in [-0.15, -0.1) is 0 Å². The van der Waals surface area contributed by atoms with Gasteiger partial charge in [0.25, 0.3) is 5.65 Å². The smallest absolute Gasteiger partial charge is 0.248 e. The fourth-order valence-electron chi connectivity index (χ4n) is 3.82. The van der Waals surface area contributed by atoms with Crippen molar-refractivity contribution in [3.8, 4) is 11.3 Å². The highest BCUT2D eigenvalue weighted by atomic mass is 15.1. The van der Waals surface area contributed by atoms with E-state index in [9.17, 15) is 0 Å². The molecule has 5 rings (SSSR count). The van der Waals surface area contributed by atoms with E-state index < -0.39 is 0 Å². The van der Waals surface area contributed by atoms with Gasteiger partial charge in [-0.3, -0.25) is 0 Å². The highest BCUT2D eigenvalue weighted by Gasteiger charge is 2.22. The van der Waals surface area contributed by atoms with Crippen LogP contribution in [0.15, 0.2) is 91.1 Å². The number of pyridine rings is 2. The zero-order valence-electron chi connectivity index (χ0n) is 15.2. The molecule has 0 radical (unpaired) electrons. The van der Waals surface area contributed by atoms with Crippen molar-refractivity contribution in [1.29, 1.82) is 0 Å². The fourth-order valence-corrected chi connectivity index (χ4v) is 3.82. The summed E-state index contributed by atoms with van der Waals surface area (Å²) in [6.45, 7) is 2.93. The van der Waals surface area contributed by atoms with Gasteiger partial charge in [-0.2, -0.15) is 4.40 Å². The number of imidazole rings is 1. The highest BCUT2D eigenvalue weighted by molar-refractivity contribution is 5.82. The standard InChI is InChI=1S/C24H20N3/c1-18-24-22(16-21(25-18)20-12-6-3-7-13-20)26-15-9-8-14-23(26)27(24)17-19-10-4-2-5-11-19/h2-16H,17H2,1H3/q+1. The Morgan fingerprint density at radius 1 is 0.852 bits per heavy atom. The number of hydrogen-bond acceptors (Lipinski definition) is 1. The van der Waals surface area contributed by atoms with Gasteiger partial charge in [0.1, 0.15) is 6.54 Å². The molecule has 0 N–H and O–H groups in total. The van der Waals surface area contributed by atoms with Crippen LogP contribution in [0.2, 0.25) is 0 Å². The first-order chi connectivity index (χ1) is 13.3. The molecule has 0 bridgehead atoms. The number of aromatic nitrogens is 3. The monoisotopic (exact) mass is 350 g/mol. The van der Waals surface area contributed by atoms with Gasteiger partial charge in [-0.25, -0.2) is 9.55 Å². The van der Waals surface area contributed by atoms with Gasteiger partial charge < -0.3 is 0 Å². The summed E-state index contributed by atoms with van der Waals surface area (Å²) >= 11 is 0. The molecule has 5 aromatic rings. The van der Waals surface area contributed by atoms with Gasteiger partial charge in [-0.1, -0.05) is 66.7 Å². The molecular formula is C24H20N3+. The normalized spacial score (nSPS) is 11.3. The molecule has 0 atom stereocenters. The molecule has 0 saturated carbocycles. The fraction of sp³-hybridized carbons (Fsp3) is 0.0833. The van der Waals surface area contributed by atoms with Gasteiger partial charge in [0.05, 0.1) is 17.6 Å². The van der Waals surface area contributed by atoms with Gasteiger partial charge in [-0.05, 0) is 18.6 Å². The van der Waals surface area contributed by atoms with E-state index >= 15 is 0 Å². The molecule has 130 valence electrons. The minimum Gasteiger partial charge on any atom is -0.248 e. The van der Waals surface area contributed by atoms with Crippen LogP contribution in [0.25, 0.3) is 27.9 Å². The van der Waals surface area contributed by atoms with Crippen LogP contribution in [-0.4, -0.2) is 9.38 Å². The van der Waals surface area contributed by atoms with Crippen molar-refractivity contribution < 1.29 is 4.57 Å². The maximum atomic E-state index is 4.93. The lowest BCUT2D eigenvalue weighted by atomic mass is 10.1. The predicted molar refractivity (Wildman–Crippen MR) is 109 cm³/mol. The Morgan fingerprint density at radius 2 is 1.56 bits per heavy atom. The number of hydrogen-bond donors (Lipinski definition) is 0. The Morgan fingerprint density at radius 3 is 2.33 bits per heavy atom. The van der Waals surface area contributed by atoms with Crippen LogP contribution in [0, 0.1) is 6.92 Å². The molecule has 27 heavy (non-hydrogen) atoms. The van der Waals surface area contributed by atoms with Crippen molar-refractivity contribution in [1.82, 2.24) is 9.38 Å². The molecule has 3 heteroatoms. The number of benzene rings is 2. The second-order valence-electron chi connectivity index (χ2n) is 6.83. The summed E-state index contributed by atoms with van der Waals surface area (Å²) in [7, 11) is 0. The molecule has 0 saturated heterocycles. The number of nitrogens with zero attached hydrogens (tertiary/aromatic N) is 3. The van der Waals surface area contributed by atoms with Crippen LogP contribution in [-0.2, 0) is 6.54 Å². The predicted octanol–water partition coefficient (Wildman–Crippen LogP) is 4.80. The van der Waals surface area contributed by atoms with Crippen molar-refractivity contribution in [2.45, 2.75) is 13.5 Å². The van der Waals surface area contributed by atoms with Crippen molar-refractivity contribution in [3.05, 3.63) is 102 Å². The second-order valence-corrected chi connectivity index (χ2v) is 6.83. The van der Waals surface area contributed by atoms with E-state index in [0.717, 1.165) is 23.5 Å². The third-order valence-corrected chi connectivity index (χ3v) is 5.04. The van der Waals surface area contributed by atoms with Crippen LogP contribution in [0.4, 0.5) is 0 Å². The average Bonchev–Trinajstić information content (AvgIpc) is 3.04. The van der Waals surface area contributed by atoms with E-state index in [2.05, 4.69) is 101 Å². The Bertz CT molecular complexity index is 1240. The van der Waals surface area contributed by atoms with Crippen LogP contribution in [0.3, 0.4) is 0 Å². The summed E-state index contributed by atoms with van der Waals surface area (Å²) in [5.74, 6) is 0. The zero-order valence-corrected chi connectivity index (χ0v) is 15.2. The van der Waals surface area contributed by atoms with Crippen molar-refractivity contribution >= 4 is 16.7 Å². The lowest BCUT2D eigenvalue weighted by Gasteiger charge is -2.04. The molecule has 0 amide bonds. The summed E-state index contributed by atoms with van der Waals surface area (Å²) in [6, 6.07) is 29.5. The Balaban J connectivity index is 1.79. The first-order valence-electron chi connectivity index (χ1n) is 9.21. The maximum absolute atomic E-state index is 4.93. The SMILES string of the molecule is Cc1nc(-c2ccccc2)cc2c1[n+](Cc1ccccc1)c1ccccn21. The topological polar surface area (TPSA) is 21.2 Å². The van der Waals surface area contributed by atoms with Crippen molar-refractivity contribution in [2.24, 2.45) is 0 Å². The van der Waals surface area contributed by atoms with E-state index in [4.69, 9.17) is 4.98 Å². The molecule has 0 fully saturated rings. The lowest BCUT2D eigenvalue weighted by Crippen LogP contribution is -2.34. The van der Waals surface area contributed by atoms with Gasteiger partial charge >= 0.3 is 0 Å². The van der Waals surface area contributed by atoms with Crippen LogP contribution < -0.4 is 4.57 Å². The minimum atomic E-state index is 0.824. The maximum Gasteiger partial charge on any atom is 0.287 e. The second kappa shape index (κ2) is 6.36. The molecule has 0 aliphatic heterocycles. The number of aryl methyl sites for hydroxylation is 1. The summed E-state index contributed by atoms with van der Waals surface area (Å²) < 4.78 is 4.63. The molecular weight excluding hydrogens is 330 g/mol. The van der Waals surface area contributed by atoms with Crippen molar-refractivity contribution in [2.75, 3.05) is 0 Å². The molecule has 0 aliphatic rings. The lowest BCUT2D eigenvalue weighted by molar-refractivity contribution is -0.636. The van der Waals surface area contributed by atoms with Crippen molar-refractivity contribution in [3.63, 3.8) is 0 Å².